The zero-order chi connectivity index (χ0) is 54.3. The largest absolute Gasteiger partial charge is 0.462 e. The maximum Gasteiger partial charge on any atom is 0.306 e. The summed E-state index contributed by atoms with van der Waals surface area (Å²) in [5, 5.41) is 0. The quantitative estimate of drug-likeness (QED) is 0.0261. The fourth-order valence-corrected chi connectivity index (χ4v) is 9.65. The summed E-state index contributed by atoms with van der Waals surface area (Å²) in [4.78, 5) is 38.1. The molecule has 0 aliphatic rings. The van der Waals surface area contributed by atoms with Crippen LogP contribution in [0.25, 0.3) is 0 Å². The number of ether oxygens (including phenoxy) is 3. The highest BCUT2D eigenvalue weighted by molar-refractivity contribution is 5.71. The molecule has 0 bridgehead atoms. The lowest BCUT2D eigenvalue weighted by Gasteiger charge is -2.18. The lowest BCUT2D eigenvalue weighted by atomic mass is 10.0. The highest BCUT2D eigenvalue weighted by Gasteiger charge is 2.19. The minimum absolute atomic E-state index is 0.0784. The third-order valence-corrected chi connectivity index (χ3v) is 14.5. The van der Waals surface area contributed by atoms with Crippen LogP contribution < -0.4 is 0 Å². The van der Waals surface area contributed by atoms with E-state index in [9.17, 15) is 14.4 Å². The number of unbranched alkanes of at least 4 members (excludes halogenated alkanes) is 39. The van der Waals surface area contributed by atoms with E-state index >= 15 is 0 Å². The fourth-order valence-electron chi connectivity index (χ4n) is 9.65. The van der Waals surface area contributed by atoms with E-state index in [0.717, 1.165) is 109 Å². The maximum atomic E-state index is 12.9. The Labute approximate surface area is 466 Å². The van der Waals surface area contributed by atoms with Gasteiger partial charge in [0.15, 0.2) is 6.10 Å². The molecule has 1 unspecified atom stereocenters. The molecule has 0 rings (SSSR count). The van der Waals surface area contributed by atoms with Crippen molar-refractivity contribution in [3.05, 3.63) is 60.8 Å². The Balaban J connectivity index is 4.12. The zero-order valence-electron chi connectivity index (χ0n) is 50.1. The fraction of sp³-hybridized carbons (Fsp3) is 0.812. The van der Waals surface area contributed by atoms with Crippen molar-refractivity contribution in [2.45, 2.75) is 348 Å². The number of carbonyl (C=O) groups is 3. The van der Waals surface area contributed by atoms with Gasteiger partial charge < -0.3 is 14.2 Å². The summed E-state index contributed by atoms with van der Waals surface area (Å²) < 4.78 is 16.9. The topological polar surface area (TPSA) is 78.9 Å². The van der Waals surface area contributed by atoms with Crippen molar-refractivity contribution in [2.75, 3.05) is 13.2 Å². The van der Waals surface area contributed by atoms with Gasteiger partial charge >= 0.3 is 17.9 Å². The molecule has 0 N–H and O–H groups in total. The highest BCUT2D eigenvalue weighted by atomic mass is 16.6. The minimum Gasteiger partial charge on any atom is -0.462 e. The van der Waals surface area contributed by atoms with Gasteiger partial charge in [0.05, 0.1) is 0 Å². The zero-order valence-corrected chi connectivity index (χ0v) is 50.1. The molecule has 0 aliphatic carbocycles. The monoisotopic (exact) mass is 1050 g/mol. The molecule has 0 aromatic rings. The van der Waals surface area contributed by atoms with Crippen LogP contribution in [0.1, 0.15) is 342 Å². The molecule has 436 valence electrons. The van der Waals surface area contributed by atoms with Gasteiger partial charge in [-0.05, 0) is 64.2 Å². The summed E-state index contributed by atoms with van der Waals surface area (Å²) in [6, 6.07) is 0. The van der Waals surface area contributed by atoms with E-state index in [0.29, 0.717) is 19.3 Å². The van der Waals surface area contributed by atoms with Gasteiger partial charge in [-0.15, -0.1) is 0 Å². The van der Waals surface area contributed by atoms with Crippen molar-refractivity contribution in [2.24, 2.45) is 0 Å². The van der Waals surface area contributed by atoms with Crippen LogP contribution in [0.4, 0.5) is 0 Å². The van der Waals surface area contributed by atoms with Gasteiger partial charge in [-0.2, -0.15) is 0 Å². The van der Waals surface area contributed by atoms with Crippen molar-refractivity contribution in [3.8, 4) is 0 Å². The van der Waals surface area contributed by atoms with Gasteiger partial charge in [0.2, 0.25) is 0 Å². The minimum atomic E-state index is -0.781. The molecule has 0 spiro atoms. The number of carbonyl (C=O) groups excluding carboxylic acids is 3. The number of hydrogen-bond donors (Lipinski definition) is 0. The van der Waals surface area contributed by atoms with Gasteiger partial charge in [0, 0.05) is 19.3 Å². The molecule has 6 nitrogen and oxygen atoms in total. The van der Waals surface area contributed by atoms with Crippen molar-refractivity contribution in [1.29, 1.82) is 0 Å². The Hall–Kier alpha value is -2.89. The van der Waals surface area contributed by atoms with E-state index in [4.69, 9.17) is 14.2 Å². The summed E-state index contributed by atoms with van der Waals surface area (Å²) in [7, 11) is 0. The number of rotatable bonds is 60. The third kappa shape index (κ3) is 61.8. The third-order valence-electron chi connectivity index (χ3n) is 14.5. The highest BCUT2D eigenvalue weighted by Crippen LogP contribution is 2.18. The lowest BCUT2D eigenvalue weighted by molar-refractivity contribution is -0.167. The van der Waals surface area contributed by atoms with Crippen molar-refractivity contribution in [1.82, 2.24) is 0 Å². The summed E-state index contributed by atoms with van der Waals surface area (Å²) in [5.41, 5.74) is 0. The van der Waals surface area contributed by atoms with Crippen LogP contribution in [0.2, 0.25) is 0 Å². The molecule has 1 atom stereocenters. The molecule has 0 amide bonds. The number of hydrogen-bond acceptors (Lipinski definition) is 6. The van der Waals surface area contributed by atoms with Crippen LogP contribution in [-0.4, -0.2) is 37.2 Å². The van der Waals surface area contributed by atoms with Crippen LogP contribution in [0.15, 0.2) is 60.8 Å². The molecular weight excluding hydrogens is 925 g/mol. The molecule has 75 heavy (non-hydrogen) atoms. The average Bonchev–Trinajstić information content (AvgIpc) is 3.41. The molecule has 0 aromatic heterocycles. The number of esters is 3. The van der Waals surface area contributed by atoms with Crippen LogP contribution in [0, 0.1) is 0 Å². The lowest BCUT2D eigenvalue weighted by Crippen LogP contribution is -2.30. The van der Waals surface area contributed by atoms with Crippen LogP contribution >= 0.6 is 0 Å². The first-order valence-electron chi connectivity index (χ1n) is 32.8. The second-order valence-electron chi connectivity index (χ2n) is 22.0. The first-order chi connectivity index (χ1) is 37.0. The molecule has 0 heterocycles. The molecule has 6 heteroatoms. The SMILES string of the molecule is CC/C=C\C/C=C\C/C=C\C/C=C\C/C=C\CCCCCCCC(=O)OC(COC(=O)CCCCCCCCCC)COC(=O)CCCCCCCCCCCCCCCCCCCCCCCCCCCCCC. The summed E-state index contributed by atoms with van der Waals surface area (Å²) >= 11 is 0. The molecule has 0 saturated heterocycles. The Bertz CT molecular complexity index is 1340. The van der Waals surface area contributed by atoms with E-state index in [-0.39, 0.29) is 31.1 Å². The standard InChI is InChI=1S/C69H124O6/c1-4-7-10-13-16-19-21-23-25-27-29-31-32-33-34-35-36-37-39-40-42-44-46-48-50-53-56-59-62-68(71)74-65-66(64-73-67(70)61-58-55-52-18-15-12-9-6-3)75-69(72)63-60-57-54-51-49-47-45-43-41-38-30-28-26-24-22-20-17-14-11-8-5-2/h8,11,17,20,24,26,30,38,43,45,66H,4-7,9-10,12-16,18-19,21-23,25,27-29,31-37,39-42,44,46-65H2,1-3H3/b11-8-,20-17-,26-24-,38-30-,45-43-. The molecule has 0 aliphatic heterocycles. The average molecular weight is 1050 g/mol. The van der Waals surface area contributed by atoms with Crippen LogP contribution in [-0.2, 0) is 28.6 Å². The Kier molecular flexibility index (Phi) is 61.2. The van der Waals surface area contributed by atoms with Gasteiger partial charge in [-0.3, -0.25) is 14.4 Å². The Morgan fingerprint density at radius 3 is 0.813 bits per heavy atom. The van der Waals surface area contributed by atoms with Gasteiger partial charge in [0.1, 0.15) is 13.2 Å². The van der Waals surface area contributed by atoms with Crippen molar-refractivity contribution >= 4 is 17.9 Å². The van der Waals surface area contributed by atoms with Gasteiger partial charge in [-0.25, -0.2) is 0 Å². The summed E-state index contributed by atoms with van der Waals surface area (Å²) in [6.45, 7) is 6.53. The number of allylic oxidation sites excluding steroid dienone is 10. The second kappa shape index (κ2) is 63.6. The van der Waals surface area contributed by atoms with Gasteiger partial charge in [-0.1, -0.05) is 319 Å². The molecule has 0 radical (unpaired) electrons. The Morgan fingerprint density at radius 1 is 0.280 bits per heavy atom. The molecule has 0 aromatic carbocycles. The van der Waals surface area contributed by atoms with Gasteiger partial charge in [0.25, 0.3) is 0 Å². The van der Waals surface area contributed by atoms with E-state index < -0.39 is 6.10 Å². The van der Waals surface area contributed by atoms with Crippen molar-refractivity contribution in [3.63, 3.8) is 0 Å². The van der Waals surface area contributed by atoms with Crippen LogP contribution in [0.3, 0.4) is 0 Å². The molecular formula is C69H124O6. The van der Waals surface area contributed by atoms with E-state index in [1.165, 1.54) is 193 Å². The first kappa shape index (κ1) is 72.1. The van der Waals surface area contributed by atoms with E-state index in [1.807, 2.05) is 0 Å². The van der Waals surface area contributed by atoms with E-state index in [1.54, 1.807) is 0 Å². The summed E-state index contributed by atoms with van der Waals surface area (Å²) in [6.07, 6.45) is 81.2. The Morgan fingerprint density at radius 2 is 0.520 bits per heavy atom. The normalized spacial score (nSPS) is 12.4. The first-order valence-corrected chi connectivity index (χ1v) is 32.8. The van der Waals surface area contributed by atoms with E-state index in [2.05, 4.69) is 81.5 Å². The van der Waals surface area contributed by atoms with Crippen molar-refractivity contribution < 1.29 is 28.6 Å². The molecule has 0 fully saturated rings. The predicted octanol–water partition coefficient (Wildman–Crippen LogP) is 22.3. The predicted molar refractivity (Wildman–Crippen MR) is 325 cm³/mol. The summed E-state index contributed by atoms with van der Waals surface area (Å²) in [5.74, 6) is -0.885. The second-order valence-corrected chi connectivity index (χ2v) is 22.0. The maximum absolute atomic E-state index is 12.9. The van der Waals surface area contributed by atoms with Crippen LogP contribution in [0.5, 0.6) is 0 Å². The smallest absolute Gasteiger partial charge is 0.306 e. The molecule has 0 saturated carbocycles.